The van der Waals surface area contributed by atoms with E-state index in [9.17, 15) is 32.3 Å². The number of fused-ring (bicyclic) bond motifs is 7. The van der Waals surface area contributed by atoms with E-state index in [0.717, 1.165) is 50.2 Å². The molecule has 7 nitrogen and oxygen atoms in total. The van der Waals surface area contributed by atoms with Gasteiger partial charge in [0.05, 0.1) is 0 Å². The smallest absolute Gasteiger partial charge is 0.345 e. The fraction of sp³-hybridized carbons (Fsp3) is 0.838. The Kier molecular flexibility index (Phi) is 9.95. The molecular weight excluding hydrogens is 611 g/mol. The van der Waals surface area contributed by atoms with Crippen LogP contribution in [0.25, 0.3) is 0 Å². The number of amides is 1. The van der Waals surface area contributed by atoms with Gasteiger partial charge in [0.1, 0.15) is 11.5 Å². The summed E-state index contributed by atoms with van der Waals surface area (Å²) in [5.74, 6) is -0.180. The highest BCUT2D eigenvalue weighted by Gasteiger charge is 2.70. The van der Waals surface area contributed by atoms with Crippen LogP contribution in [-0.2, 0) is 29.0 Å². The zero-order valence-electron chi connectivity index (χ0n) is 30.0. The summed E-state index contributed by atoms with van der Waals surface area (Å²) in [6.45, 7) is 19.9. The number of alkyl halides is 3. The van der Waals surface area contributed by atoms with Crippen molar-refractivity contribution in [1.82, 2.24) is 5.32 Å². The average molecular weight is 668 g/mol. The van der Waals surface area contributed by atoms with Gasteiger partial charge in [-0.3, -0.25) is 9.59 Å². The lowest BCUT2D eigenvalue weighted by Gasteiger charge is -2.71. The Morgan fingerprint density at radius 2 is 1.47 bits per heavy atom. The second-order valence-corrected chi connectivity index (χ2v) is 17.0. The summed E-state index contributed by atoms with van der Waals surface area (Å²) in [7, 11) is 0. The molecule has 0 spiro atoms. The number of hydrogen-bond donors (Lipinski definition) is 1. The van der Waals surface area contributed by atoms with E-state index in [2.05, 4.69) is 48.5 Å². The van der Waals surface area contributed by atoms with E-state index in [1.807, 2.05) is 0 Å². The van der Waals surface area contributed by atoms with Gasteiger partial charge in [-0.15, -0.1) is 0 Å². The van der Waals surface area contributed by atoms with Gasteiger partial charge in [-0.25, -0.2) is 19.4 Å². The minimum Gasteiger partial charge on any atom is -0.345 e. The van der Waals surface area contributed by atoms with Crippen LogP contribution in [0.5, 0.6) is 0 Å². The minimum absolute atomic E-state index is 0.0107. The lowest BCUT2D eigenvalue weighted by atomic mass is 9.33. The van der Waals surface area contributed by atoms with Gasteiger partial charge >= 0.3 is 18.1 Å². The van der Waals surface area contributed by atoms with Crippen molar-refractivity contribution in [3.8, 4) is 0 Å². The predicted molar refractivity (Wildman–Crippen MR) is 171 cm³/mol. The molecule has 8 atom stereocenters. The molecule has 0 aromatic rings. The van der Waals surface area contributed by atoms with Crippen molar-refractivity contribution in [2.24, 2.45) is 50.7 Å². The third kappa shape index (κ3) is 6.17. The molecule has 5 aliphatic carbocycles. The molecule has 0 aliphatic heterocycles. The first kappa shape index (κ1) is 37.4. The van der Waals surface area contributed by atoms with Crippen molar-refractivity contribution < 1.29 is 42.1 Å². The van der Waals surface area contributed by atoms with Crippen LogP contribution in [0.15, 0.2) is 11.1 Å². The van der Waals surface area contributed by atoms with Crippen molar-refractivity contribution >= 4 is 23.6 Å². The molecule has 1 unspecified atom stereocenters. The van der Waals surface area contributed by atoms with Gasteiger partial charge in [0.25, 0.3) is 0 Å². The van der Waals surface area contributed by atoms with E-state index in [0.29, 0.717) is 23.2 Å². The first-order valence-corrected chi connectivity index (χ1v) is 17.5. The number of carbonyl (C=O) groups excluding carboxylic acids is 4. The Labute approximate surface area is 278 Å². The molecule has 4 fully saturated rings. The summed E-state index contributed by atoms with van der Waals surface area (Å²) < 4.78 is 34.8. The molecule has 1 N–H and O–H groups in total. The fourth-order valence-corrected chi connectivity index (χ4v) is 11.5. The van der Waals surface area contributed by atoms with E-state index in [1.165, 1.54) is 39.0 Å². The minimum atomic E-state index is -4.34. The Balaban J connectivity index is 0.000000434. The maximum Gasteiger partial charge on any atom is 0.408 e. The Bertz CT molecular complexity index is 1320. The summed E-state index contributed by atoms with van der Waals surface area (Å²) in [6, 6.07) is -1.76. The van der Waals surface area contributed by atoms with Crippen molar-refractivity contribution in [1.29, 1.82) is 0 Å². The highest BCUT2D eigenvalue weighted by Crippen LogP contribution is 2.76. The summed E-state index contributed by atoms with van der Waals surface area (Å²) in [5, 5.41) is 1.72. The number of hydrogen-bond acceptors (Lipinski definition) is 6. The normalized spacial score (nSPS) is 38.1. The van der Waals surface area contributed by atoms with Crippen LogP contribution < -0.4 is 5.32 Å². The molecule has 0 aromatic carbocycles. The maximum atomic E-state index is 13.6. The number of nitrogens with one attached hydrogen (secondary N) is 1. The van der Waals surface area contributed by atoms with Crippen LogP contribution in [0.4, 0.5) is 13.2 Å². The molecule has 1 amide bonds. The van der Waals surface area contributed by atoms with Gasteiger partial charge in [-0.1, -0.05) is 54.9 Å². The number of halogens is 3. The summed E-state index contributed by atoms with van der Waals surface area (Å²) >= 11 is 0. The zero-order valence-corrected chi connectivity index (χ0v) is 30.0. The van der Waals surface area contributed by atoms with Crippen LogP contribution in [-0.4, -0.2) is 35.8 Å². The molecule has 5 rings (SSSR count). The fourth-order valence-electron chi connectivity index (χ4n) is 11.5. The number of rotatable bonds is 3. The second-order valence-electron chi connectivity index (χ2n) is 17.0. The maximum absolute atomic E-state index is 13.6. The van der Waals surface area contributed by atoms with E-state index >= 15 is 0 Å². The van der Waals surface area contributed by atoms with Crippen LogP contribution in [0.2, 0.25) is 0 Å². The van der Waals surface area contributed by atoms with E-state index in [1.54, 1.807) is 5.32 Å². The Hall–Kier alpha value is -2.39. The van der Waals surface area contributed by atoms with Gasteiger partial charge in [0.15, 0.2) is 5.78 Å². The summed E-state index contributed by atoms with van der Waals surface area (Å²) in [5.41, 5.74) is 1.78. The van der Waals surface area contributed by atoms with E-state index in [-0.39, 0.29) is 34.9 Å². The van der Waals surface area contributed by atoms with E-state index < -0.39 is 35.5 Å². The van der Waals surface area contributed by atoms with Crippen LogP contribution in [0.3, 0.4) is 0 Å². The third-order valence-electron chi connectivity index (χ3n) is 13.7. The molecular formula is C37H56F3NO6. The Morgan fingerprint density at radius 1 is 0.830 bits per heavy atom. The van der Waals surface area contributed by atoms with Crippen molar-refractivity contribution in [2.75, 3.05) is 0 Å². The molecule has 47 heavy (non-hydrogen) atoms. The molecule has 0 heterocycles. The number of carbonyl (C=O) groups is 4. The molecule has 266 valence electrons. The largest absolute Gasteiger partial charge is 0.408 e. The summed E-state index contributed by atoms with van der Waals surface area (Å²) in [4.78, 5) is 58.5. The topological polar surface area (TPSA) is 98.8 Å². The molecule has 4 saturated carbocycles. The molecule has 0 saturated heterocycles. The monoisotopic (exact) mass is 667 g/mol. The van der Waals surface area contributed by atoms with Crippen molar-refractivity contribution in [2.45, 2.75) is 146 Å². The lowest BCUT2D eigenvalue weighted by molar-refractivity contribution is -0.267. The molecule has 0 radical (unpaired) electrons. The average Bonchev–Trinajstić information content (AvgIpc) is 3.24. The SMILES string of the molecule is CC(=O)NC(C)C(F)(F)F.CC(=O)OOC(=O)[C@@]12CC[C@]3(C)[C@H](CC[C@@H]4[C@@]5(C)CCCC(C)(C)[C@@H]5CC[C@]43C)C1=C(C(C)C)C(=O)C2. The summed E-state index contributed by atoms with van der Waals surface area (Å²) in [6.07, 6.45) is 5.91. The van der Waals surface area contributed by atoms with Gasteiger partial charge < -0.3 is 5.32 Å². The first-order valence-electron chi connectivity index (χ1n) is 17.5. The van der Waals surface area contributed by atoms with Gasteiger partial charge in [0.2, 0.25) is 5.91 Å². The van der Waals surface area contributed by atoms with Crippen molar-refractivity contribution in [3.05, 3.63) is 11.1 Å². The molecule has 0 aromatic heterocycles. The second kappa shape index (κ2) is 12.5. The van der Waals surface area contributed by atoms with Crippen LogP contribution in [0.1, 0.15) is 133 Å². The number of Topliss-reactive ketones (excluding diaryl/α,β-unsaturated/α-hetero) is 1. The zero-order chi connectivity index (χ0) is 35.5. The van der Waals surface area contributed by atoms with E-state index in [4.69, 9.17) is 9.78 Å². The number of allylic oxidation sites excluding steroid dienone is 1. The highest BCUT2D eigenvalue weighted by atomic mass is 19.4. The standard InChI is InChI=1S/C32H48O5.C5H8F3NO/c1-19(2)25-22(34)18-32(27(35)37-36-20(3)33)17-16-30(7)21(26(25)32)10-11-24-29(6)14-9-13-28(4,5)23(29)12-15-31(24,30)8;1-3(5(6,7)8)9-4(2)10/h19,21,23-24H,9-18H2,1-8H3;3H,1-2H3,(H,9,10)/t21-,23+,24-,29+,30-,31-,32-;/m1./s1. The van der Waals surface area contributed by atoms with Crippen LogP contribution >= 0.6 is 0 Å². The van der Waals surface area contributed by atoms with Gasteiger partial charge in [0, 0.05) is 20.3 Å². The molecule has 10 heteroatoms. The Morgan fingerprint density at radius 3 is 2.00 bits per heavy atom. The van der Waals surface area contributed by atoms with Crippen molar-refractivity contribution in [3.63, 3.8) is 0 Å². The lowest BCUT2D eigenvalue weighted by Crippen LogP contribution is -2.64. The van der Waals surface area contributed by atoms with Gasteiger partial charge in [-0.05, 0) is 115 Å². The first-order chi connectivity index (χ1) is 21.5. The quantitative estimate of drug-likeness (QED) is 0.240. The molecule has 5 aliphatic rings. The highest BCUT2D eigenvalue weighted by molar-refractivity contribution is 6.06. The predicted octanol–water partition coefficient (Wildman–Crippen LogP) is 8.45. The van der Waals surface area contributed by atoms with Gasteiger partial charge in [-0.2, -0.15) is 13.2 Å². The van der Waals surface area contributed by atoms with Crippen LogP contribution in [0, 0.1) is 50.7 Å². The number of ketones is 1. The third-order valence-corrected chi connectivity index (χ3v) is 13.7. The molecule has 0 bridgehead atoms.